The van der Waals surface area contributed by atoms with Crippen LogP contribution in [-0.4, -0.2) is 5.91 Å². The van der Waals surface area contributed by atoms with Gasteiger partial charge in [0.1, 0.15) is 11.6 Å². The van der Waals surface area contributed by atoms with E-state index in [1.807, 2.05) is 30.3 Å². The third-order valence-corrected chi connectivity index (χ3v) is 4.24. The Morgan fingerprint density at radius 3 is 2.52 bits per heavy atom. The molecule has 4 nitrogen and oxygen atoms in total. The molecule has 128 valence electrons. The summed E-state index contributed by atoms with van der Waals surface area (Å²) in [5, 5.41) is 15.6. The summed E-state index contributed by atoms with van der Waals surface area (Å²) in [5.74, 6) is -0.219. The Morgan fingerprint density at radius 2 is 1.88 bits per heavy atom. The van der Waals surface area contributed by atoms with E-state index < -0.39 is 5.91 Å². The quantitative estimate of drug-likeness (QED) is 0.531. The van der Waals surface area contributed by atoms with Crippen molar-refractivity contribution < 1.29 is 4.79 Å². The zero-order chi connectivity index (χ0) is 18.4. The van der Waals surface area contributed by atoms with Crippen LogP contribution in [0.3, 0.4) is 0 Å². The van der Waals surface area contributed by atoms with E-state index in [0.717, 1.165) is 11.3 Å². The summed E-state index contributed by atoms with van der Waals surface area (Å²) in [6.07, 6.45) is 1.40. The lowest BCUT2D eigenvalue weighted by Crippen LogP contribution is -2.14. The standard InChI is InChI=1S/C19H17Cl2N3O/c1-12(2)15-5-3-4-6-18(15)23-11-13(10-22)19(25)24-14-7-8-16(20)17(21)9-14/h3-9,11-12,23H,1-2H3,(H,24,25)/b13-11-. The summed E-state index contributed by atoms with van der Waals surface area (Å²) in [4.78, 5) is 12.3. The van der Waals surface area contributed by atoms with Gasteiger partial charge in [-0.2, -0.15) is 5.26 Å². The molecule has 0 saturated carbocycles. The fourth-order valence-electron chi connectivity index (χ4n) is 2.20. The van der Waals surface area contributed by atoms with Gasteiger partial charge in [0.25, 0.3) is 5.91 Å². The molecule has 0 unspecified atom stereocenters. The van der Waals surface area contributed by atoms with Crippen molar-refractivity contribution in [2.75, 3.05) is 10.6 Å². The molecule has 0 aliphatic carbocycles. The van der Waals surface area contributed by atoms with E-state index in [4.69, 9.17) is 23.2 Å². The second kappa shape index (κ2) is 8.57. The molecule has 0 fully saturated rings. The number of nitrogens with zero attached hydrogens (tertiary/aromatic N) is 1. The van der Waals surface area contributed by atoms with Gasteiger partial charge in [-0.05, 0) is 35.7 Å². The van der Waals surface area contributed by atoms with Gasteiger partial charge in [0.05, 0.1) is 10.0 Å². The number of carbonyl (C=O) groups is 1. The minimum atomic E-state index is -0.532. The number of rotatable bonds is 5. The molecular formula is C19H17Cl2N3O. The SMILES string of the molecule is CC(C)c1ccccc1N/C=C(/C#N)C(=O)Nc1ccc(Cl)c(Cl)c1. The number of nitrogens with one attached hydrogen (secondary N) is 2. The third-order valence-electron chi connectivity index (χ3n) is 3.50. The molecular weight excluding hydrogens is 357 g/mol. The topological polar surface area (TPSA) is 64.9 Å². The Kier molecular flexibility index (Phi) is 6.46. The molecule has 0 heterocycles. The molecule has 0 aromatic heterocycles. The Labute approximate surface area is 157 Å². The minimum absolute atomic E-state index is 0.0513. The van der Waals surface area contributed by atoms with Gasteiger partial charge < -0.3 is 10.6 Å². The maximum atomic E-state index is 12.3. The molecule has 0 radical (unpaired) electrons. The highest BCUT2D eigenvalue weighted by Gasteiger charge is 2.11. The lowest BCUT2D eigenvalue weighted by molar-refractivity contribution is -0.112. The number of benzene rings is 2. The molecule has 1 amide bonds. The predicted molar refractivity (Wildman–Crippen MR) is 103 cm³/mol. The van der Waals surface area contributed by atoms with Crippen molar-refractivity contribution in [2.45, 2.75) is 19.8 Å². The van der Waals surface area contributed by atoms with Crippen LogP contribution < -0.4 is 10.6 Å². The van der Waals surface area contributed by atoms with Crippen LogP contribution in [0.15, 0.2) is 54.2 Å². The van der Waals surface area contributed by atoms with Crippen molar-refractivity contribution in [3.8, 4) is 6.07 Å². The summed E-state index contributed by atoms with van der Waals surface area (Å²) in [6, 6.07) is 14.4. The van der Waals surface area contributed by atoms with Crippen molar-refractivity contribution >= 4 is 40.5 Å². The van der Waals surface area contributed by atoms with Gasteiger partial charge in [0.15, 0.2) is 0 Å². The van der Waals surface area contributed by atoms with Crippen molar-refractivity contribution in [3.63, 3.8) is 0 Å². The molecule has 0 spiro atoms. The van der Waals surface area contributed by atoms with E-state index in [2.05, 4.69) is 24.5 Å². The number of halogens is 2. The summed E-state index contributed by atoms with van der Waals surface area (Å²) in [6.45, 7) is 4.15. The maximum Gasteiger partial charge on any atom is 0.267 e. The van der Waals surface area contributed by atoms with E-state index in [1.165, 1.54) is 12.3 Å². The largest absolute Gasteiger partial charge is 0.360 e. The number of hydrogen-bond donors (Lipinski definition) is 2. The Hall–Kier alpha value is -2.48. The van der Waals surface area contributed by atoms with E-state index in [-0.39, 0.29) is 5.57 Å². The zero-order valence-corrected chi connectivity index (χ0v) is 15.3. The molecule has 2 rings (SSSR count). The van der Waals surface area contributed by atoms with Crippen molar-refractivity contribution in [1.82, 2.24) is 0 Å². The zero-order valence-electron chi connectivity index (χ0n) is 13.8. The van der Waals surface area contributed by atoms with E-state index in [9.17, 15) is 10.1 Å². The molecule has 0 aliphatic heterocycles. The van der Waals surface area contributed by atoms with Gasteiger partial charge in [0.2, 0.25) is 0 Å². The van der Waals surface area contributed by atoms with Crippen LogP contribution in [0, 0.1) is 11.3 Å². The second-order valence-electron chi connectivity index (χ2n) is 5.64. The molecule has 6 heteroatoms. The van der Waals surface area contributed by atoms with Crippen molar-refractivity contribution in [1.29, 1.82) is 5.26 Å². The smallest absolute Gasteiger partial charge is 0.267 e. The van der Waals surface area contributed by atoms with E-state index in [0.29, 0.717) is 21.7 Å². The molecule has 0 bridgehead atoms. The number of nitriles is 1. The van der Waals surface area contributed by atoms with Crippen LogP contribution in [0.1, 0.15) is 25.3 Å². The van der Waals surface area contributed by atoms with Gasteiger partial charge in [0, 0.05) is 17.6 Å². The Bertz CT molecular complexity index is 854. The third kappa shape index (κ3) is 4.99. The fraction of sp³-hybridized carbons (Fsp3) is 0.158. The normalized spacial score (nSPS) is 11.1. The molecule has 0 atom stereocenters. The first kappa shape index (κ1) is 18.9. The van der Waals surface area contributed by atoms with Gasteiger partial charge in [-0.15, -0.1) is 0 Å². The highest BCUT2D eigenvalue weighted by molar-refractivity contribution is 6.42. The monoisotopic (exact) mass is 373 g/mol. The number of amides is 1. The predicted octanol–water partition coefficient (Wildman–Crippen LogP) is 5.57. The van der Waals surface area contributed by atoms with Crippen LogP contribution in [0.25, 0.3) is 0 Å². The first-order valence-electron chi connectivity index (χ1n) is 7.64. The molecule has 2 aromatic carbocycles. The van der Waals surface area contributed by atoms with Crippen LogP contribution in [-0.2, 0) is 4.79 Å². The summed E-state index contributed by atoms with van der Waals surface area (Å²) in [7, 11) is 0. The van der Waals surface area contributed by atoms with Crippen molar-refractivity contribution in [3.05, 3.63) is 69.8 Å². The molecule has 2 aromatic rings. The lowest BCUT2D eigenvalue weighted by Gasteiger charge is -2.12. The summed E-state index contributed by atoms with van der Waals surface area (Å²) < 4.78 is 0. The van der Waals surface area contributed by atoms with Crippen LogP contribution in [0.5, 0.6) is 0 Å². The Balaban J connectivity index is 2.16. The van der Waals surface area contributed by atoms with Gasteiger partial charge in [-0.3, -0.25) is 4.79 Å². The average Bonchev–Trinajstić information content (AvgIpc) is 2.59. The number of carbonyl (C=O) groups excluding carboxylic acids is 1. The number of hydrogen-bond acceptors (Lipinski definition) is 3. The highest BCUT2D eigenvalue weighted by Crippen LogP contribution is 2.26. The average molecular weight is 374 g/mol. The molecule has 2 N–H and O–H groups in total. The number of anilines is 2. The van der Waals surface area contributed by atoms with E-state index in [1.54, 1.807) is 12.1 Å². The van der Waals surface area contributed by atoms with Crippen molar-refractivity contribution in [2.24, 2.45) is 0 Å². The fourth-order valence-corrected chi connectivity index (χ4v) is 2.50. The first-order valence-corrected chi connectivity index (χ1v) is 8.40. The van der Waals surface area contributed by atoms with E-state index >= 15 is 0 Å². The minimum Gasteiger partial charge on any atom is -0.360 e. The van der Waals surface area contributed by atoms with Gasteiger partial charge in [-0.1, -0.05) is 55.2 Å². The van der Waals surface area contributed by atoms with Crippen LogP contribution in [0.4, 0.5) is 11.4 Å². The molecule has 25 heavy (non-hydrogen) atoms. The lowest BCUT2D eigenvalue weighted by atomic mass is 10.0. The number of para-hydroxylation sites is 1. The Morgan fingerprint density at radius 1 is 1.16 bits per heavy atom. The molecule has 0 aliphatic rings. The van der Waals surface area contributed by atoms with Crippen LogP contribution in [0.2, 0.25) is 10.0 Å². The summed E-state index contributed by atoms with van der Waals surface area (Å²) in [5.41, 5.74) is 2.36. The molecule has 0 saturated heterocycles. The second-order valence-corrected chi connectivity index (χ2v) is 6.45. The van der Waals surface area contributed by atoms with Gasteiger partial charge in [-0.25, -0.2) is 0 Å². The van der Waals surface area contributed by atoms with Crippen LogP contribution >= 0.6 is 23.2 Å². The van der Waals surface area contributed by atoms with Gasteiger partial charge >= 0.3 is 0 Å². The summed E-state index contributed by atoms with van der Waals surface area (Å²) >= 11 is 11.8. The highest BCUT2D eigenvalue weighted by atomic mass is 35.5. The maximum absolute atomic E-state index is 12.3. The first-order chi connectivity index (χ1) is 11.9.